The second-order valence-corrected chi connectivity index (χ2v) is 7.15. The van der Waals surface area contributed by atoms with Gasteiger partial charge in [0, 0.05) is 17.2 Å². The molecule has 5 aromatic rings. The zero-order chi connectivity index (χ0) is 19.6. The van der Waals surface area contributed by atoms with E-state index in [0.717, 1.165) is 38.9 Å². The normalized spacial score (nSPS) is 12.7. The predicted molar refractivity (Wildman–Crippen MR) is 119 cm³/mol. The summed E-state index contributed by atoms with van der Waals surface area (Å²) in [6, 6.07) is 27.7. The molecule has 1 N–H and O–H groups in total. The van der Waals surface area contributed by atoms with Gasteiger partial charge < -0.3 is 4.98 Å². The molecule has 0 amide bonds. The van der Waals surface area contributed by atoms with Gasteiger partial charge in [0.2, 0.25) is 0 Å². The third-order valence-corrected chi connectivity index (χ3v) is 5.15. The number of hydrogen-bond acceptors (Lipinski definition) is 3. The number of fused-ring (bicyclic) bond motifs is 2. The van der Waals surface area contributed by atoms with E-state index in [4.69, 9.17) is 21.6 Å². The highest BCUT2D eigenvalue weighted by molar-refractivity contribution is 6.32. The Morgan fingerprint density at radius 3 is 2.38 bits per heavy atom. The highest BCUT2D eigenvalue weighted by Crippen LogP contribution is 2.27. The van der Waals surface area contributed by atoms with Gasteiger partial charge in [0.05, 0.1) is 16.6 Å². The van der Waals surface area contributed by atoms with Crippen molar-refractivity contribution in [1.29, 1.82) is 0 Å². The second kappa shape index (κ2) is 7.49. The first kappa shape index (κ1) is 17.6. The van der Waals surface area contributed by atoms with Gasteiger partial charge in [-0.2, -0.15) is 0 Å². The minimum Gasteiger partial charge on any atom is -0.340 e. The summed E-state index contributed by atoms with van der Waals surface area (Å²) < 4.78 is 0. The molecule has 0 aliphatic heterocycles. The van der Waals surface area contributed by atoms with Gasteiger partial charge in [-0.05, 0) is 29.8 Å². The summed E-state index contributed by atoms with van der Waals surface area (Å²) in [6.45, 7) is 0. The van der Waals surface area contributed by atoms with Crippen LogP contribution < -0.4 is 0 Å². The lowest BCUT2D eigenvalue weighted by molar-refractivity contribution is 0.811. The fourth-order valence-electron chi connectivity index (χ4n) is 3.41. The van der Waals surface area contributed by atoms with E-state index in [-0.39, 0.29) is 6.04 Å². The SMILES string of the molecule is Clc1nc2ccccc2cc1C=NC(c1ccccc1)c1nc2ccccc2[nH]1. The number of aromatic amines is 1. The van der Waals surface area contributed by atoms with Crippen molar-refractivity contribution in [1.82, 2.24) is 15.0 Å². The lowest BCUT2D eigenvalue weighted by Crippen LogP contribution is -2.02. The summed E-state index contributed by atoms with van der Waals surface area (Å²) in [4.78, 5) is 17.5. The van der Waals surface area contributed by atoms with E-state index < -0.39 is 0 Å². The number of nitrogens with one attached hydrogen (secondary N) is 1. The number of hydrogen-bond donors (Lipinski definition) is 1. The van der Waals surface area contributed by atoms with Crippen molar-refractivity contribution in [2.75, 3.05) is 0 Å². The van der Waals surface area contributed by atoms with Gasteiger partial charge in [-0.15, -0.1) is 0 Å². The lowest BCUT2D eigenvalue weighted by atomic mass is 10.1. The Morgan fingerprint density at radius 1 is 0.828 bits per heavy atom. The molecule has 5 rings (SSSR count). The molecule has 29 heavy (non-hydrogen) atoms. The summed E-state index contributed by atoms with van der Waals surface area (Å²) in [6.07, 6.45) is 1.78. The lowest BCUT2D eigenvalue weighted by Gasteiger charge is -2.10. The Hall–Kier alpha value is -3.50. The molecule has 3 aromatic carbocycles. The summed E-state index contributed by atoms with van der Waals surface area (Å²) in [7, 11) is 0. The Bertz CT molecular complexity index is 1290. The first-order chi connectivity index (χ1) is 14.3. The molecule has 0 saturated heterocycles. The molecular weight excluding hydrogens is 380 g/mol. The molecule has 0 radical (unpaired) electrons. The molecule has 1 atom stereocenters. The number of aliphatic imine (C=N–C) groups is 1. The minimum absolute atomic E-state index is 0.272. The van der Waals surface area contributed by atoms with Crippen LogP contribution in [-0.4, -0.2) is 21.2 Å². The molecule has 0 aliphatic carbocycles. The minimum atomic E-state index is -0.272. The molecule has 0 fully saturated rings. The molecular formula is C24H17ClN4. The Labute approximate surface area is 172 Å². The van der Waals surface area contributed by atoms with E-state index in [2.05, 4.69) is 22.1 Å². The van der Waals surface area contributed by atoms with Crippen molar-refractivity contribution in [2.45, 2.75) is 6.04 Å². The van der Waals surface area contributed by atoms with Crippen molar-refractivity contribution >= 4 is 39.8 Å². The fraction of sp³-hybridized carbons (Fsp3) is 0.0417. The molecule has 0 saturated carbocycles. The molecule has 4 nitrogen and oxygen atoms in total. The number of benzene rings is 3. The molecule has 1 unspecified atom stereocenters. The zero-order valence-corrected chi connectivity index (χ0v) is 16.2. The summed E-state index contributed by atoms with van der Waals surface area (Å²) in [5.74, 6) is 0.790. The largest absolute Gasteiger partial charge is 0.340 e. The topological polar surface area (TPSA) is 53.9 Å². The number of halogens is 1. The van der Waals surface area contributed by atoms with Gasteiger partial charge in [-0.1, -0.05) is 72.3 Å². The molecule has 0 bridgehead atoms. The molecule has 0 spiro atoms. The maximum Gasteiger partial charge on any atom is 0.138 e. The smallest absolute Gasteiger partial charge is 0.138 e. The summed E-state index contributed by atoms with van der Waals surface area (Å²) >= 11 is 6.42. The van der Waals surface area contributed by atoms with Gasteiger partial charge in [0.25, 0.3) is 0 Å². The van der Waals surface area contributed by atoms with Crippen molar-refractivity contribution in [3.63, 3.8) is 0 Å². The maximum atomic E-state index is 6.42. The van der Waals surface area contributed by atoms with Crippen LogP contribution in [0, 0.1) is 0 Å². The van der Waals surface area contributed by atoms with E-state index in [0.29, 0.717) is 5.15 Å². The van der Waals surface area contributed by atoms with Crippen molar-refractivity contribution in [3.8, 4) is 0 Å². The number of H-pyrrole nitrogens is 1. The maximum absolute atomic E-state index is 6.42. The van der Waals surface area contributed by atoms with Crippen LogP contribution in [0.3, 0.4) is 0 Å². The van der Waals surface area contributed by atoms with Crippen LogP contribution in [0.15, 0.2) is 89.9 Å². The van der Waals surface area contributed by atoms with E-state index in [1.807, 2.05) is 72.8 Å². The monoisotopic (exact) mass is 396 g/mol. The fourth-order valence-corrected chi connectivity index (χ4v) is 3.60. The average molecular weight is 397 g/mol. The van der Waals surface area contributed by atoms with Crippen LogP contribution in [-0.2, 0) is 0 Å². The number of pyridine rings is 1. The van der Waals surface area contributed by atoms with E-state index in [1.165, 1.54) is 0 Å². The van der Waals surface area contributed by atoms with Crippen LogP contribution in [0.1, 0.15) is 23.0 Å². The molecule has 2 heterocycles. The van der Waals surface area contributed by atoms with Gasteiger partial charge in [0.1, 0.15) is 17.0 Å². The van der Waals surface area contributed by atoms with Crippen molar-refractivity contribution in [3.05, 3.63) is 107 Å². The highest BCUT2D eigenvalue weighted by Gasteiger charge is 2.17. The molecule has 5 heteroatoms. The molecule has 2 aromatic heterocycles. The third kappa shape index (κ3) is 3.50. The Kier molecular flexibility index (Phi) is 4.54. The average Bonchev–Trinajstić information content (AvgIpc) is 3.19. The standard InChI is InChI=1S/C24H17ClN4/c25-23-18(14-17-10-4-5-11-19(17)27-23)15-26-22(16-8-2-1-3-9-16)24-28-20-12-6-7-13-21(20)29-24/h1-15,22H,(H,28,29). The van der Waals surface area contributed by atoms with Crippen LogP contribution in [0.4, 0.5) is 0 Å². The van der Waals surface area contributed by atoms with Crippen molar-refractivity contribution < 1.29 is 0 Å². The van der Waals surface area contributed by atoms with E-state index in [9.17, 15) is 0 Å². The van der Waals surface area contributed by atoms with Gasteiger partial charge >= 0.3 is 0 Å². The van der Waals surface area contributed by atoms with Gasteiger partial charge in [0.15, 0.2) is 0 Å². The second-order valence-electron chi connectivity index (χ2n) is 6.79. The van der Waals surface area contributed by atoms with Crippen LogP contribution in [0.5, 0.6) is 0 Å². The van der Waals surface area contributed by atoms with E-state index >= 15 is 0 Å². The number of aromatic nitrogens is 3. The first-order valence-corrected chi connectivity index (χ1v) is 9.74. The quantitative estimate of drug-likeness (QED) is 0.300. The number of imidazole rings is 1. The molecule has 0 aliphatic rings. The molecule has 140 valence electrons. The van der Waals surface area contributed by atoms with Crippen LogP contribution in [0.2, 0.25) is 5.15 Å². The predicted octanol–water partition coefficient (Wildman–Crippen LogP) is 5.97. The third-order valence-electron chi connectivity index (χ3n) is 4.85. The summed E-state index contributed by atoms with van der Waals surface area (Å²) in [5.41, 5.74) is 4.61. The number of nitrogens with zero attached hydrogens (tertiary/aromatic N) is 3. The number of para-hydroxylation sites is 3. The van der Waals surface area contributed by atoms with Gasteiger partial charge in [-0.3, -0.25) is 4.99 Å². The van der Waals surface area contributed by atoms with Crippen LogP contribution >= 0.6 is 11.6 Å². The Balaban J connectivity index is 1.59. The first-order valence-electron chi connectivity index (χ1n) is 9.36. The van der Waals surface area contributed by atoms with E-state index in [1.54, 1.807) is 6.21 Å². The number of rotatable bonds is 4. The van der Waals surface area contributed by atoms with Crippen molar-refractivity contribution in [2.24, 2.45) is 4.99 Å². The summed E-state index contributed by atoms with van der Waals surface area (Å²) in [5, 5.41) is 1.46. The van der Waals surface area contributed by atoms with Crippen LogP contribution in [0.25, 0.3) is 21.9 Å². The highest BCUT2D eigenvalue weighted by atomic mass is 35.5. The zero-order valence-electron chi connectivity index (χ0n) is 15.5. The van der Waals surface area contributed by atoms with Gasteiger partial charge in [-0.25, -0.2) is 9.97 Å². The Morgan fingerprint density at radius 2 is 1.55 bits per heavy atom.